The van der Waals surface area contributed by atoms with Crippen LogP contribution in [-0.4, -0.2) is 29.8 Å². The Labute approximate surface area is 166 Å². The van der Waals surface area contributed by atoms with E-state index >= 15 is 0 Å². The van der Waals surface area contributed by atoms with Crippen molar-refractivity contribution in [3.05, 3.63) is 59.7 Å². The number of carbonyl (C=O) groups is 2. The summed E-state index contributed by atoms with van der Waals surface area (Å²) >= 11 is 0. The number of hydrogen-bond donors (Lipinski definition) is 1. The summed E-state index contributed by atoms with van der Waals surface area (Å²) in [5.41, 5.74) is 10.0. The molecule has 2 N–H and O–H groups in total. The Morgan fingerprint density at radius 3 is 2.29 bits per heavy atom. The van der Waals surface area contributed by atoms with Crippen molar-refractivity contribution in [1.29, 1.82) is 0 Å². The number of carbonyl (C=O) groups excluding carboxylic acids is 2. The van der Waals surface area contributed by atoms with Crippen LogP contribution in [-0.2, 0) is 16.0 Å². The first kappa shape index (κ1) is 18.7. The first-order valence-corrected chi connectivity index (χ1v) is 10.2. The second kappa shape index (κ2) is 7.42. The molecule has 2 aromatic carbocycles. The van der Waals surface area contributed by atoms with Gasteiger partial charge in [-0.15, -0.1) is 0 Å². The van der Waals surface area contributed by atoms with E-state index in [1.807, 2.05) is 4.90 Å². The molecular weight excluding hydrogens is 348 g/mol. The van der Waals surface area contributed by atoms with Crippen LogP contribution in [0, 0.1) is 18.3 Å². The number of hydrogen-bond acceptors (Lipinski definition) is 2. The van der Waals surface area contributed by atoms with Crippen LogP contribution >= 0.6 is 0 Å². The van der Waals surface area contributed by atoms with Crippen LogP contribution in [0.2, 0.25) is 0 Å². The quantitative estimate of drug-likeness (QED) is 0.865. The van der Waals surface area contributed by atoms with Crippen molar-refractivity contribution in [2.24, 2.45) is 17.1 Å². The highest BCUT2D eigenvalue weighted by Gasteiger charge is 2.43. The van der Waals surface area contributed by atoms with E-state index in [2.05, 4.69) is 55.5 Å². The molecule has 1 saturated carbocycles. The SMILES string of the molecule is Cc1cccc(-c2ccc(CC3(C(N)=O)CCN(C(=O)C4CC4)CC3)cc2)c1. The predicted molar refractivity (Wildman–Crippen MR) is 110 cm³/mol. The van der Waals surface area contributed by atoms with Gasteiger partial charge in [-0.3, -0.25) is 9.59 Å². The van der Waals surface area contributed by atoms with Gasteiger partial charge < -0.3 is 10.6 Å². The summed E-state index contributed by atoms with van der Waals surface area (Å²) in [5.74, 6) is 0.254. The fourth-order valence-corrected chi connectivity index (χ4v) is 4.28. The van der Waals surface area contributed by atoms with E-state index in [1.54, 1.807) is 0 Å². The fourth-order valence-electron chi connectivity index (χ4n) is 4.28. The third-order valence-electron chi connectivity index (χ3n) is 6.33. The molecule has 2 amide bonds. The van der Waals surface area contributed by atoms with Gasteiger partial charge in [0.25, 0.3) is 0 Å². The van der Waals surface area contributed by atoms with Gasteiger partial charge in [-0.05, 0) is 55.7 Å². The molecule has 0 spiro atoms. The van der Waals surface area contributed by atoms with E-state index in [0.29, 0.717) is 32.4 Å². The van der Waals surface area contributed by atoms with Crippen LogP contribution in [0.25, 0.3) is 11.1 Å². The van der Waals surface area contributed by atoms with Crippen LogP contribution in [0.3, 0.4) is 0 Å². The van der Waals surface area contributed by atoms with E-state index in [4.69, 9.17) is 5.73 Å². The third-order valence-corrected chi connectivity index (χ3v) is 6.33. The van der Waals surface area contributed by atoms with Crippen molar-refractivity contribution in [2.75, 3.05) is 13.1 Å². The highest BCUT2D eigenvalue weighted by molar-refractivity contribution is 5.83. The number of piperidine rings is 1. The zero-order chi connectivity index (χ0) is 19.7. The molecule has 1 heterocycles. The minimum Gasteiger partial charge on any atom is -0.369 e. The molecule has 0 atom stereocenters. The van der Waals surface area contributed by atoms with Gasteiger partial charge in [-0.2, -0.15) is 0 Å². The molecule has 2 aliphatic rings. The van der Waals surface area contributed by atoms with Crippen molar-refractivity contribution < 1.29 is 9.59 Å². The van der Waals surface area contributed by atoms with Gasteiger partial charge in [0.2, 0.25) is 11.8 Å². The number of amides is 2. The van der Waals surface area contributed by atoms with E-state index < -0.39 is 5.41 Å². The summed E-state index contributed by atoms with van der Waals surface area (Å²) in [6.07, 6.45) is 3.98. The number of nitrogens with zero attached hydrogens (tertiary/aromatic N) is 1. The Kier molecular flexibility index (Phi) is 4.96. The lowest BCUT2D eigenvalue weighted by atomic mass is 9.73. The maximum absolute atomic E-state index is 12.3. The number of nitrogens with two attached hydrogens (primary N) is 1. The monoisotopic (exact) mass is 376 g/mol. The number of primary amides is 1. The highest BCUT2D eigenvalue weighted by Crippen LogP contribution is 2.38. The smallest absolute Gasteiger partial charge is 0.225 e. The second-order valence-corrected chi connectivity index (χ2v) is 8.49. The standard InChI is InChI=1S/C24H28N2O2/c1-17-3-2-4-21(15-17)19-7-5-18(6-8-19)16-24(23(25)28)11-13-26(14-12-24)22(27)20-9-10-20/h2-8,15,20H,9-14,16H2,1H3,(H2,25,28). The maximum Gasteiger partial charge on any atom is 0.225 e. The topological polar surface area (TPSA) is 63.4 Å². The maximum atomic E-state index is 12.3. The summed E-state index contributed by atoms with van der Waals surface area (Å²) in [7, 11) is 0. The summed E-state index contributed by atoms with van der Waals surface area (Å²) in [6, 6.07) is 16.9. The van der Waals surface area contributed by atoms with Crippen LogP contribution < -0.4 is 5.73 Å². The predicted octanol–water partition coefficient (Wildman–Crippen LogP) is 3.71. The zero-order valence-corrected chi connectivity index (χ0v) is 16.5. The number of benzene rings is 2. The fraction of sp³-hybridized carbons (Fsp3) is 0.417. The first-order valence-electron chi connectivity index (χ1n) is 10.2. The summed E-state index contributed by atoms with van der Waals surface area (Å²) in [4.78, 5) is 26.6. The van der Waals surface area contributed by atoms with Crippen LogP contribution in [0.1, 0.15) is 36.8 Å². The number of rotatable bonds is 5. The Hall–Kier alpha value is -2.62. The summed E-state index contributed by atoms with van der Waals surface area (Å²) in [5, 5.41) is 0. The second-order valence-electron chi connectivity index (χ2n) is 8.49. The van der Waals surface area contributed by atoms with E-state index in [9.17, 15) is 9.59 Å². The van der Waals surface area contributed by atoms with Crippen molar-refractivity contribution >= 4 is 11.8 Å². The Balaban J connectivity index is 1.46. The van der Waals surface area contributed by atoms with E-state index in [1.165, 1.54) is 16.7 Å². The molecule has 2 fully saturated rings. The van der Waals surface area contributed by atoms with E-state index in [0.717, 1.165) is 18.4 Å². The Bertz CT molecular complexity index is 876. The number of likely N-dealkylation sites (tertiary alicyclic amines) is 1. The molecule has 0 bridgehead atoms. The Morgan fingerprint density at radius 2 is 1.71 bits per heavy atom. The molecule has 146 valence electrons. The molecule has 1 saturated heterocycles. The van der Waals surface area contributed by atoms with Crippen LogP contribution in [0.5, 0.6) is 0 Å². The average Bonchev–Trinajstić information content (AvgIpc) is 3.54. The molecule has 0 unspecified atom stereocenters. The number of aryl methyl sites for hydroxylation is 1. The van der Waals surface area contributed by atoms with Gasteiger partial charge in [0.15, 0.2) is 0 Å². The lowest BCUT2D eigenvalue weighted by Gasteiger charge is -2.40. The van der Waals surface area contributed by atoms with Gasteiger partial charge in [-0.25, -0.2) is 0 Å². The Morgan fingerprint density at radius 1 is 1.04 bits per heavy atom. The third kappa shape index (κ3) is 3.82. The van der Waals surface area contributed by atoms with Crippen LogP contribution in [0.15, 0.2) is 48.5 Å². The molecule has 0 radical (unpaired) electrons. The summed E-state index contributed by atoms with van der Waals surface area (Å²) < 4.78 is 0. The van der Waals surface area contributed by atoms with Crippen molar-refractivity contribution in [3.8, 4) is 11.1 Å². The minimum absolute atomic E-state index is 0.232. The molecule has 4 nitrogen and oxygen atoms in total. The normalized spacial score (nSPS) is 18.7. The molecular formula is C24H28N2O2. The van der Waals surface area contributed by atoms with Gasteiger partial charge in [-0.1, -0.05) is 54.1 Å². The van der Waals surface area contributed by atoms with Gasteiger partial charge in [0, 0.05) is 19.0 Å². The lowest BCUT2D eigenvalue weighted by molar-refractivity contribution is -0.139. The lowest BCUT2D eigenvalue weighted by Crippen LogP contribution is -2.50. The molecule has 4 rings (SSSR count). The average molecular weight is 377 g/mol. The molecule has 0 aromatic heterocycles. The first-order chi connectivity index (χ1) is 13.5. The largest absolute Gasteiger partial charge is 0.369 e. The zero-order valence-electron chi connectivity index (χ0n) is 16.5. The summed E-state index contributed by atoms with van der Waals surface area (Å²) in [6.45, 7) is 3.37. The van der Waals surface area contributed by atoms with Crippen molar-refractivity contribution in [2.45, 2.75) is 39.0 Å². The molecule has 2 aromatic rings. The van der Waals surface area contributed by atoms with E-state index in [-0.39, 0.29) is 17.7 Å². The molecule has 28 heavy (non-hydrogen) atoms. The van der Waals surface area contributed by atoms with Gasteiger partial charge in [0.1, 0.15) is 0 Å². The van der Waals surface area contributed by atoms with Gasteiger partial charge in [0.05, 0.1) is 5.41 Å². The van der Waals surface area contributed by atoms with Crippen molar-refractivity contribution in [1.82, 2.24) is 4.90 Å². The molecule has 1 aliphatic heterocycles. The molecule has 4 heteroatoms. The van der Waals surface area contributed by atoms with Crippen molar-refractivity contribution in [3.63, 3.8) is 0 Å². The van der Waals surface area contributed by atoms with Crippen LogP contribution in [0.4, 0.5) is 0 Å². The highest BCUT2D eigenvalue weighted by atomic mass is 16.2. The minimum atomic E-state index is -0.550. The van der Waals surface area contributed by atoms with Gasteiger partial charge >= 0.3 is 0 Å². The molecule has 1 aliphatic carbocycles.